The highest BCUT2D eigenvalue weighted by molar-refractivity contribution is 5.28. The van der Waals surface area contributed by atoms with Crippen LogP contribution < -0.4 is 0 Å². The second-order valence-electron chi connectivity index (χ2n) is 4.29. The van der Waals surface area contributed by atoms with E-state index in [-0.39, 0.29) is 6.10 Å². The van der Waals surface area contributed by atoms with Gasteiger partial charge in [-0.15, -0.1) is 0 Å². The monoisotopic (exact) mass is 178 g/mol. The van der Waals surface area contributed by atoms with Gasteiger partial charge in [-0.3, -0.25) is 0 Å². The van der Waals surface area contributed by atoms with E-state index in [2.05, 4.69) is 0 Å². The van der Waals surface area contributed by atoms with E-state index < -0.39 is 0 Å². The van der Waals surface area contributed by atoms with Crippen LogP contribution in [0.2, 0.25) is 0 Å². The lowest BCUT2D eigenvalue weighted by Gasteiger charge is -2.27. The van der Waals surface area contributed by atoms with Crippen molar-refractivity contribution >= 4 is 0 Å². The van der Waals surface area contributed by atoms with Gasteiger partial charge in [-0.1, -0.05) is 6.42 Å². The molecule has 0 aromatic carbocycles. The van der Waals surface area contributed by atoms with E-state index in [4.69, 9.17) is 4.42 Å². The van der Waals surface area contributed by atoms with Crippen molar-refractivity contribution in [3.8, 4) is 0 Å². The van der Waals surface area contributed by atoms with Crippen LogP contribution in [0, 0.1) is 5.92 Å². The smallest absolute Gasteiger partial charge is 0.112 e. The number of aliphatic hydroxyl groups excluding tert-OH is 1. The minimum Gasteiger partial charge on any atom is -0.469 e. The van der Waals surface area contributed by atoms with Crippen molar-refractivity contribution in [3.05, 3.63) is 23.7 Å². The van der Waals surface area contributed by atoms with Crippen molar-refractivity contribution in [3.63, 3.8) is 0 Å². The summed E-state index contributed by atoms with van der Waals surface area (Å²) in [7, 11) is 0. The molecule has 1 aromatic heterocycles. The van der Waals surface area contributed by atoms with Gasteiger partial charge >= 0.3 is 0 Å². The Hall–Kier alpha value is -0.760. The molecule has 3 rings (SSSR count). The van der Waals surface area contributed by atoms with Gasteiger partial charge in [-0.2, -0.15) is 0 Å². The van der Waals surface area contributed by atoms with Gasteiger partial charge in [0.25, 0.3) is 0 Å². The van der Waals surface area contributed by atoms with Crippen LogP contribution in [0.1, 0.15) is 49.0 Å². The molecule has 0 aliphatic heterocycles. The first kappa shape index (κ1) is 7.63. The number of furan rings is 1. The molecule has 2 aliphatic carbocycles. The molecule has 0 radical (unpaired) electrons. The van der Waals surface area contributed by atoms with Crippen LogP contribution in [-0.4, -0.2) is 5.11 Å². The first-order valence-corrected chi connectivity index (χ1v) is 5.11. The van der Waals surface area contributed by atoms with Gasteiger partial charge in [0.2, 0.25) is 0 Å². The fraction of sp³-hybridized carbons (Fsp3) is 0.636. The maximum Gasteiger partial charge on any atom is 0.112 e. The van der Waals surface area contributed by atoms with Gasteiger partial charge in [0, 0.05) is 11.5 Å². The Bertz CT molecular complexity index is 316. The van der Waals surface area contributed by atoms with Crippen LogP contribution in [-0.2, 0) is 0 Å². The zero-order valence-corrected chi connectivity index (χ0v) is 7.57. The quantitative estimate of drug-likeness (QED) is 0.662. The maximum absolute atomic E-state index is 9.84. The number of rotatable bonds is 0. The lowest BCUT2D eigenvalue weighted by molar-refractivity contribution is 0.120. The van der Waals surface area contributed by atoms with E-state index in [0.717, 1.165) is 17.7 Å². The molecule has 1 aromatic rings. The van der Waals surface area contributed by atoms with Crippen LogP contribution in [0.3, 0.4) is 0 Å². The molecular weight excluding hydrogens is 164 g/mol. The highest BCUT2D eigenvalue weighted by Crippen LogP contribution is 2.50. The second kappa shape index (κ2) is 2.61. The zero-order chi connectivity index (χ0) is 8.84. The number of hydrogen-bond acceptors (Lipinski definition) is 2. The first-order chi connectivity index (χ1) is 6.36. The SMILES string of the molecule is O[C@H]1C[C@H]2CCC[C@H]2c2occc21. The summed E-state index contributed by atoms with van der Waals surface area (Å²) in [6.07, 6.45) is 6.20. The average Bonchev–Trinajstić information content (AvgIpc) is 2.66. The van der Waals surface area contributed by atoms with Crippen LogP contribution >= 0.6 is 0 Å². The molecule has 0 bridgehead atoms. The summed E-state index contributed by atoms with van der Waals surface area (Å²) >= 11 is 0. The highest BCUT2D eigenvalue weighted by atomic mass is 16.3. The minimum absolute atomic E-state index is 0.270. The zero-order valence-electron chi connectivity index (χ0n) is 7.57. The molecule has 0 amide bonds. The number of fused-ring (bicyclic) bond motifs is 3. The molecule has 2 aliphatic rings. The molecule has 70 valence electrons. The van der Waals surface area contributed by atoms with Crippen molar-refractivity contribution in [1.82, 2.24) is 0 Å². The molecule has 3 atom stereocenters. The Morgan fingerprint density at radius 1 is 1.38 bits per heavy atom. The number of hydrogen-bond donors (Lipinski definition) is 1. The molecule has 1 saturated carbocycles. The summed E-state index contributed by atoms with van der Waals surface area (Å²) in [5, 5.41) is 9.84. The molecule has 2 heteroatoms. The van der Waals surface area contributed by atoms with E-state index in [1.54, 1.807) is 6.26 Å². The molecule has 0 saturated heterocycles. The summed E-state index contributed by atoms with van der Waals surface area (Å²) in [4.78, 5) is 0. The molecule has 2 nitrogen and oxygen atoms in total. The largest absolute Gasteiger partial charge is 0.469 e. The molecule has 1 heterocycles. The molecule has 0 spiro atoms. The molecule has 1 fully saturated rings. The molecular formula is C11H14O2. The van der Waals surface area contributed by atoms with E-state index in [1.807, 2.05) is 6.07 Å². The Balaban J connectivity index is 2.07. The van der Waals surface area contributed by atoms with Crippen LogP contribution in [0.5, 0.6) is 0 Å². The van der Waals surface area contributed by atoms with Crippen molar-refractivity contribution < 1.29 is 9.52 Å². The Labute approximate surface area is 77.6 Å². The summed E-state index contributed by atoms with van der Waals surface area (Å²) in [5.41, 5.74) is 1.04. The Morgan fingerprint density at radius 2 is 2.31 bits per heavy atom. The fourth-order valence-corrected chi connectivity index (χ4v) is 2.99. The molecule has 0 unspecified atom stereocenters. The lowest BCUT2D eigenvalue weighted by Crippen LogP contribution is -2.18. The standard InChI is InChI=1S/C11H14O2/c12-10-6-7-2-1-3-8(7)11-9(10)4-5-13-11/h4-5,7-8,10,12H,1-3,6H2/t7-,8-,10+/m1/s1. The predicted molar refractivity (Wildman–Crippen MR) is 48.4 cm³/mol. The Morgan fingerprint density at radius 3 is 3.23 bits per heavy atom. The lowest BCUT2D eigenvalue weighted by atomic mass is 9.80. The topological polar surface area (TPSA) is 33.4 Å². The first-order valence-electron chi connectivity index (χ1n) is 5.11. The normalized spacial score (nSPS) is 37.2. The minimum atomic E-state index is -0.270. The second-order valence-corrected chi connectivity index (χ2v) is 4.29. The third kappa shape index (κ3) is 0.983. The van der Waals surface area contributed by atoms with E-state index in [1.165, 1.54) is 19.3 Å². The van der Waals surface area contributed by atoms with Crippen LogP contribution in [0.25, 0.3) is 0 Å². The number of aliphatic hydroxyl groups is 1. The Kier molecular flexibility index (Phi) is 1.53. The van der Waals surface area contributed by atoms with E-state index in [9.17, 15) is 5.11 Å². The highest BCUT2D eigenvalue weighted by Gasteiger charge is 2.39. The summed E-state index contributed by atoms with van der Waals surface area (Å²) in [6, 6.07) is 1.93. The fourth-order valence-electron chi connectivity index (χ4n) is 2.99. The van der Waals surface area contributed by atoms with Crippen molar-refractivity contribution in [2.24, 2.45) is 5.92 Å². The predicted octanol–water partition coefficient (Wildman–Crippen LogP) is 2.60. The van der Waals surface area contributed by atoms with Crippen LogP contribution in [0.15, 0.2) is 16.7 Å². The van der Waals surface area contributed by atoms with Gasteiger partial charge < -0.3 is 9.52 Å². The average molecular weight is 178 g/mol. The van der Waals surface area contributed by atoms with Gasteiger partial charge in [0.05, 0.1) is 12.4 Å². The third-order valence-electron chi connectivity index (χ3n) is 3.61. The van der Waals surface area contributed by atoms with Crippen molar-refractivity contribution in [2.75, 3.05) is 0 Å². The maximum atomic E-state index is 9.84. The van der Waals surface area contributed by atoms with E-state index >= 15 is 0 Å². The third-order valence-corrected chi connectivity index (χ3v) is 3.61. The molecule has 1 N–H and O–H groups in total. The van der Waals surface area contributed by atoms with E-state index in [0.29, 0.717) is 11.8 Å². The summed E-state index contributed by atoms with van der Waals surface area (Å²) in [5.74, 6) is 2.35. The van der Waals surface area contributed by atoms with Gasteiger partial charge in [0.15, 0.2) is 0 Å². The summed E-state index contributed by atoms with van der Waals surface area (Å²) < 4.78 is 5.48. The van der Waals surface area contributed by atoms with Gasteiger partial charge in [-0.05, 0) is 31.2 Å². The summed E-state index contributed by atoms with van der Waals surface area (Å²) in [6.45, 7) is 0. The molecule has 13 heavy (non-hydrogen) atoms. The van der Waals surface area contributed by atoms with Crippen LogP contribution in [0.4, 0.5) is 0 Å². The van der Waals surface area contributed by atoms with Gasteiger partial charge in [0.1, 0.15) is 5.76 Å². The van der Waals surface area contributed by atoms with Crippen molar-refractivity contribution in [2.45, 2.75) is 37.7 Å². The van der Waals surface area contributed by atoms with Gasteiger partial charge in [-0.25, -0.2) is 0 Å². The van der Waals surface area contributed by atoms with Crippen molar-refractivity contribution in [1.29, 1.82) is 0 Å².